The van der Waals surface area contributed by atoms with Crippen molar-refractivity contribution in [1.29, 1.82) is 0 Å². The first kappa shape index (κ1) is 19.4. The number of likely N-dealkylation sites (tertiary alicyclic amines) is 1. The van der Waals surface area contributed by atoms with Crippen LogP contribution in [-0.2, 0) is 18.4 Å². The lowest BCUT2D eigenvalue weighted by atomic mass is 10.1. The van der Waals surface area contributed by atoms with Crippen LogP contribution < -0.4 is 10.5 Å². The Morgan fingerprint density at radius 3 is 2.71 bits per heavy atom. The van der Waals surface area contributed by atoms with Crippen molar-refractivity contribution in [2.75, 3.05) is 25.0 Å². The predicted molar refractivity (Wildman–Crippen MR) is 123 cm³/mol. The second kappa shape index (κ2) is 7.58. The maximum absolute atomic E-state index is 13.4. The van der Waals surface area contributed by atoms with Gasteiger partial charge in [0.25, 0.3) is 5.56 Å². The molecule has 7 heteroatoms. The average Bonchev–Trinajstić information content (AvgIpc) is 3.45. The van der Waals surface area contributed by atoms with Crippen LogP contribution in [-0.4, -0.2) is 45.3 Å². The molecular weight excluding hydrogens is 390 g/mol. The molecule has 2 aromatic heterocycles. The van der Waals surface area contributed by atoms with Crippen molar-refractivity contribution in [1.82, 2.24) is 19.2 Å². The summed E-state index contributed by atoms with van der Waals surface area (Å²) in [6.45, 7) is 1.65. The molecule has 5 rings (SSSR count). The maximum Gasteiger partial charge on any atom is 0.261 e. The Kier molecular flexibility index (Phi) is 4.73. The quantitative estimate of drug-likeness (QED) is 0.513. The van der Waals surface area contributed by atoms with E-state index >= 15 is 0 Å². The lowest BCUT2D eigenvalue weighted by Crippen LogP contribution is -2.34. The van der Waals surface area contributed by atoms with Crippen LogP contribution >= 0.6 is 0 Å². The first-order chi connectivity index (χ1) is 15.0. The minimum absolute atomic E-state index is 0.00631. The number of hydrogen-bond donors (Lipinski definition) is 0. The number of benzene rings is 2. The highest BCUT2D eigenvalue weighted by Gasteiger charge is 2.20. The summed E-state index contributed by atoms with van der Waals surface area (Å²) in [5.41, 5.74) is 2.69. The Hall–Kier alpha value is -3.61. The van der Waals surface area contributed by atoms with E-state index in [0.29, 0.717) is 5.39 Å². The molecule has 31 heavy (non-hydrogen) atoms. The normalized spacial score (nSPS) is 13.9. The number of hydrogen-bond acceptors (Lipinski definition) is 4. The topological polar surface area (TPSA) is 63.4 Å². The maximum atomic E-state index is 13.4. The van der Waals surface area contributed by atoms with E-state index in [2.05, 4.69) is 11.2 Å². The molecule has 0 saturated carbocycles. The molecule has 0 spiro atoms. The highest BCUT2D eigenvalue weighted by Crippen LogP contribution is 2.31. The summed E-state index contributed by atoms with van der Waals surface area (Å²) in [5.74, 6) is 0.00631. The first-order valence-corrected chi connectivity index (χ1v) is 10.6. The standard InChI is InChI=1S/C24H25N5O2/c1-26(19-8-9-20-18(14-19)15-25-27(20)2)21-7-5-6-17-10-13-29(24(31)23(17)21)16-22(30)28-11-3-4-12-28/h5-10,13-15H,3-4,11-12,16H2,1-2H3. The van der Waals surface area contributed by atoms with Crippen LogP contribution in [0.1, 0.15) is 12.8 Å². The molecule has 1 aliphatic heterocycles. The summed E-state index contributed by atoms with van der Waals surface area (Å²) >= 11 is 0. The number of pyridine rings is 1. The molecule has 7 nitrogen and oxygen atoms in total. The van der Waals surface area contributed by atoms with Crippen molar-refractivity contribution >= 4 is 39.0 Å². The Labute approximate surface area is 180 Å². The number of fused-ring (bicyclic) bond motifs is 2. The summed E-state index contributed by atoms with van der Waals surface area (Å²) in [4.78, 5) is 29.9. The molecule has 0 radical (unpaired) electrons. The van der Waals surface area contributed by atoms with Crippen molar-refractivity contribution in [3.63, 3.8) is 0 Å². The van der Waals surface area contributed by atoms with E-state index in [-0.39, 0.29) is 18.0 Å². The molecule has 3 heterocycles. The van der Waals surface area contributed by atoms with Crippen LogP contribution in [0.15, 0.2) is 59.7 Å². The number of carbonyl (C=O) groups excluding carboxylic acids is 1. The number of carbonyl (C=O) groups is 1. The van der Waals surface area contributed by atoms with Crippen LogP contribution in [0, 0.1) is 0 Å². The largest absolute Gasteiger partial charge is 0.344 e. The van der Waals surface area contributed by atoms with Crippen LogP contribution in [0.25, 0.3) is 21.7 Å². The number of rotatable bonds is 4. The zero-order valence-electron chi connectivity index (χ0n) is 17.8. The van der Waals surface area contributed by atoms with Crippen molar-refractivity contribution in [3.05, 3.63) is 65.2 Å². The van der Waals surface area contributed by atoms with Gasteiger partial charge in [0.1, 0.15) is 6.54 Å². The van der Waals surface area contributed by atoms with E-state index in [9.17, 15) is 9.59 Å². The van der Waals surface area contributed by atoms with Gasteiger partial charge in [0.05, 0.1) is 22.8 Å². The van der Waals surface area contributed by atoms with Crippen molar-refractivity contribution < 1.29 is 4.79 Å². The van der Waals surface area contributed by atoms with Gasteiger partial charge in [-0.3, -0.25) is 14.3 Å². The zero-order valence-corrected chi connectivity index (χ0v) is 17.8. The Bertz CT molecular complexity index is 1350. The van der Waals surface area contributed by atoms with Gasteiger partial charge in [-0.1, -0.05) is 12.1 Å². The number of amides is 1. The van der Waals surface area contributed by atoms with E-state index in [4.69, 9.17) is 0 Å². The second-order valence-electron chi connectivity index (χ2n) is 8.15. The van der Waals surface area contributed by atoms with Gasteiger partial charge >= 0.3 is 0 Å². The van der Waals surface area contributed by atoms with Gasteiger partial charge < -0.3 is 14.4 Å². The van der Waals surface area contributed by atoms with Crippen LogP contribution in [0.5, 0.6) is 0 Å². The summed E-state index contributed by atoms with van der Waals surface area (Å²) < 4.78 is 3.37. The third-order valence-corrected chi connectivity index (χ3v) is 6.23. The van der Waals surface area contributed by atoms with Gasteiger partial charge in [-0.25, -0.2) is 0 Å². The number of nitrogens with zero attached hydrogens (tertiary/aromatic N) is 5. The minimum Gasteiger partial charge on any atom is -0.344 e. The van der Waals surface area contributed by atoms with Crippen molar-refractivity contribution in [2.24, 2.45) is 7.05 Å². The Morgan fingerprint density at radius 2 is 1.90 bits per heavy atom. The lowest BCUT2D eigenvalue weighted by molar-refractivity contribution is -0.130. The van der Waals surface area contributed by atoms with Crippen LogP contribution in [0.4, 0.5) is 11.4 Å². The van der Waals surface area contributed by atoms with Crippen LogP contribution in [0.3, 0.4) is 0 Å². The summed E-state index contributed by atoms with van der Waals surface area (Å²) in [6, 6.07) is 13.9. The Balaban J connectivity index is 1.56. The second-order valence-corrected chi connectivity index (χ2v) is 8.15. The van der Waals surface area contributed by atoms with Gasteiger partial charge in [0.15, 0.2) is 0 Å². The average molecular weight is 415 g/mol. The van der Waals surface area contributed by atoms with Gasteiger partial charge in [-0.2, -0.15) is 5.10 Å². The Morgan fingerprint density at radius 1 is 1.10 bits per heavy atom. The molecule has 1 aliphatic rings. The molecule has 0 N–H and O–H groups in total. The zero-order chi connectivity index (χ0) is 21.5. The van der Waals surface area contributed by atoms with E-state index in [1.54, 1.807) is 6.20 Å². The lowest BCUT2D eigenvalue weighted by Gasteiger charge is -2.22. The molecule has 0 aliphatic carbocycles. The predicted octanol–water partition coefficient (Wildman–Crippen LogP) is 3.28. The fourth-order valence-corrected chi connectivity index (χ4v) is 4.43. The highest BCUT2D eigenvalue weighted by molar-refractivity contribution is 5.96. The van der Waals surface area contributed by atoms with Gasteiger partial charge in [-0.05, 0) is 48.6 Å². The molecule has 1 fully saturated rings. The fourth-order valence-electron chi connectivity index (χ4n) is 4.43. The number of anilines is 2. The molecule has 0 bridgehead atoms. The third-order valence-electron chi connectivity index (χ3n) is 6.23. The van der Waals surface area contributed by atoms with E-state index in [1.165, 1.54) is 4.57 Å². The first-order valence-electron chi connectivity index (χ1n) is 10.6. The summed E-state index contributed by atoms with van der Waals surface area (Å²) in [5, 5.41) is 6.84. The smallest absolute Gasteiger partial charge is 0.261 e. The van der Waals surface area contributed by atoms with Crippen molar-refractivity contribution in [2.45, 2.75) is 19.4 Å². The molecule has 2 aromatic carbocycles. The number of aromatic nitrogens is 3. The van der Waals surface area contributed by atoms with Gasteiger partial charge in [0, 0.05) is 44.5 Å². The monoisotopic (exact) mass is 415 g/mol. The minimum atomic E-state index is -0.144. The molecule has 4 aromatic rings. The molecule has 1 saturated heterocycles. The number of aryl methyl sites for hydroxylation is 1. The van der Waals surface area contributed by atoms with E-state index < -0.39 is 0 Å². The molecule has 1 amide bonds. The fraction of sp³-hybridized carbons (Fsp3) is 0.292. The summed E-state index contributed by atoms with van der Waals surface area (Å²) in [7, 11) is 3.88. The van der Waals surface area contributed by atoms with Gasteiger partial charge in [0.2, 0.25) is 5.91 Å². The highest BCUT2D eigenvalue weighted by atomic mass is 16.2. The van der Waals surface area contributed by atoms with Crippen LogP contribution in [0.2, 0.25) is 0 Å². The molecule has 158 valence electrons. The van der Waals surface area contributed by atoms with Crippen molar-refractivity contribution in [3.8, 4) is 0 Å². The molecule has 0 atom stereocenters. The molecule has 0 unspecified atom stereocenters. The summed E-state index contributed by atoms with van der Waals surface area (Å²) in [6.07, 6.45) is 5.64. The van der Waals surface area contributed by atoms with E-state index in [0.717, 1.165) is 53.6 Å². The van der Waals surface area contributed by atoms with E-state index in [1.807, 2.05) is 71.2 Å². The SMILES string of the molecule is CN(c1ccc2c(cnn2C)c1)c1cccc2ccn(CC(=O)N3CCCC3)c(=O)c12. The molecular formula is C24H25N5O2. The van der Waals surface area contributed by atoms with Gasteiger partial charge in [-0.15, -0.1) is 0 Å². The third kappa shape index (κ3) is 3.36.